The van der Waals surface area contributed by atoms with Crippen LogP contribution in [0.1, 0.15) is 34.5 Å². The molecule has 3 heterocycles. The highest BCUT2D eigenvalue weighted by Gasteiger charge is 2.33. The van der Waals surface area contributed by atoms with Crippen molar-refractivity contribution in [2.75, 3.05) is 26.7 Å². The molecular weight excluding hydrogens is 420 g/mol. The molecule has 0 radical (unpaired) electrons. The maximum atomic E-state index is 13.5. The number of hydrogen-bond acceptors (Lipinski definition) is 5. The molecule has 1 atom stereocenters. The van der Waals surface area contributed by atoms with Crippen molar-refractivity contribution < 1.29 is 14.3 Å². The minimum atomic E-state index is -0.260. The fourth-order valence-corrected chi connectivity index (χ4v) is 4.96. The Kier molecular flexibility index (Phi) is 5.58. The number of aromatic amines is 1. The molecule has 2 aliphatic rings. The van der Waals surface area contributed by atoms with E-state index < -0.39 is 0 Å². The molecule has 1 unspecified atom stereocenters. The Balaban J connectivity index is 1.34. The molecule has 33 heavy (non-hydrogen) atoms. The van der Waals surface area contributed by atoms with Crippen molar-refractivity contribution in [1.29, 1.82) is 0 Å². The highest BCUT2D eigenvalue weighted by molar-refractivity contribution is 6.08. The number of nitrogens with zero attached hydrogens (tertiary/aromatic N) is 3. The van der Waals surface area contributed by atoms with Crippen LogP contribution >= 0.6 is 0 Å². The Morgan fingerprint density at radius 3 is 2.73 bits per heavy atom. The van der Waals surface area contributed by atoms with E-state index in [0.717, 1.165) is 40.6 Å². The molecular formula is C25H26N4O4. The van der Waals surface area contributed by atoms with E-state index in [2.05, 4.69) is 10.2 Å². The predicted octanol–water partition coefficient (Wildman–Crippen LogP) is 2.37. The van der Waals surface area contributed by atoms with Crippen LogP contribution in [0.5, 0.6) is 5.75 Å². The highest BCUT2D eigenvalue weighted by Crippen LogP contribution is 2.30. The first-order chi connectivity index (χ1) is 16.0. The molecule has 1 aromatic heterocycles. The van der Waals surface area contributed by atoms with Crippen LogP contribution in [0, 0.1) is 5.92 Å². The van der Waals surface area contributed by atoms with Gasteiger partial charge in [0.25, 0.3) is 11.5 Å². The Bertz CT molecular complexity index is 1280. The number of fused-ring (bicyclic) bond motifs is 2. The molecule has 5 rings (SSSR count). The van der Waals surface area contributed by atoms with Crippen molar-refractivity contribution in [2.45, 2.75) is 25.8 Å². The van der Waals surface area contributed by atoms with Crippen molar-refractivity contribution in [3.8, 4) is 5.75 Å². The Morgan fingerprint density at radius 2 is 1.91 bits per heavy atom. The quantitative estimate of drug-likeness (QED) is 0.667. The first-order valence-corrected chi connectivity index (χ1v) is 11.3. The molecule has 2 aliphatic heterocycles. The number of benzene rings is 2. The van der Waals surface area contributed by atoms with Gasteiger partial charge in [-0.15, -0.1) is 0 Å². The number of piperidine rings is 1. The van der Waals surface area contributed by atoms with Crippen molar-refractivity contribution in [3.63, 3.8) is 0 Å². The van der Waals surface area contributed by atoms with E-state index in [9.17, 15) is 14.4 Å². The van der Waals surface area contributed by atoms with Crippen LogP contribution in [0.25, 0.3) is 10.8 Å². The summed E-state index contributed by atoms with van der Waals surface area (Å²) in [7, 11) is 1.62. The van der Waals surface area contributed by atoms with E-state index in [0.29, 0.717) is 38.2 Å². The number of carbonyl (C=O) groups excluding carboxylic acids is 2. The van der Waals surface area contributed by atoms with Crippen molar-refractivity contribution in [2.24, 2.45) is 5.92 Å². The van der Waals surface area contributed by atoms with Gasteiger partial charge in [0, 0.05) is 55.2 Å². The molecule has 3 aromatic rings. The van der Waals surface area contributed by atoms with Crippen LogP contribution in [0.3, 0.4) is 0 Å². The number of aromatic nitrogens is 2. The van der Waals surface area contributed by atoms with Crippen LogP contribution in [-0.4, -0.2) is 58.6 Å². The van der Waals surface area contributed by atoms with Crippen LogP contribution in [0.2, 0.25) is 0 Å². The SMILES string of the molecule is COc1ccc(C(=O)N2CCCC(C(=O)N3CCc4n[nH]c(=O)cc4C3)C2)c2ccccc12. The fourth-order valence-electron chi connectivity index (χ4n) is 4.96. The minimum absolute atomic E-state index is 0.0398. The standard InChI is InChI=1S/C25H26N4O4/c1-33-22-9-8-20(18-6-2-3-7-19(18)22)25(32)28-11-4-5-16(14-28)24(31)29-12-10-21-17(15-29)13-23(30)27-26-21/h2-3,6-9,13,16H,4-5,10-12,14-15H2,1H3,(H,27,30). The van der Waals surface area contributed by atoms with E-state index in [-0.39, 0.29) is 23.3 Å². The number of amides is 2. The topological polar surface area (TPSA) is 95.6 Å². The van der Waals surface area contributed by atoms with Crippen molar-refractivity contribution >= 4 is 22.6 Å². The average molecular weight is 447 g/mol. The monoisotopic (exact) mass is 446 g/mol. The molecule has 1 fully saturated rings. The van der Waals surface area contributed by atoms with Gasteiger partial charge in [0.2, 0.25) is 5.91 Å². The van der Waals surface area contributed by atoms with Gasteiger partial charge in [-0.25, -0.2) is 5.10 Å². The summed E-state index contributed by atoms with van der Waals surface area (Å²) in [5.74, 6) is 0.459. The number of nitrogens with one attached hydrogen (secondary N) is 1. The second kappa shape index (κ2) is 8.69. The molecule has 0 bridgehead atoms. The summed E-state index contributed by atoms with van der Waals surface area (Å²) in [6.45, 7) is 1.98. The van der Waals surface area contributed by atoms with Crippen LogP contribution < -0.4 is 10.3 Å². The van der Waals surface area contributed by atoms with E-state index in [1.165, 1.54) is 6.07 Å². The minimum Gasteiger partial charge on any atom is -0.496 e. The molecule has 2 aromatic carbocycles. The lowest BCUT2D eigenvalue weighted by Crippen LogP contribution is -2.48. The van der Waals surface area contributed by atoms with Gasteiger partial charge in [-0.05, 0) is 30.4 Å². The lowest BCUT2D eigenvalue weighted by atomic mass is 9.94. The fraction of sp³-hybridized carbons (Fsp3) is 0.360. The summed E-state index contributed by atoms with van der Waals surface area (Å²) in [5.41, 5.74) is 2.00. The second-order valence-corrected chi connectivity index (χ2v) is 8.67. The second-order valence-electron chi connectivity index (χ2n) is 8.67. The maximum absolute atomic E-state index is 13.5. The molecule has 2 amide bonds. The molecule has 1 saturated heterocycles. The zero-order valence-electron chi connectivity index (χ0n) is 18.5. The van der Waals surface area contributed by atoms with Crippen LogP contribution in [0.4, 0.5) is 0 Å². The maximum Gasteiger partial charge on any atom is 0.264 e. The van der Waals surface area contributed by atoms with E-state index in [4.69, 9.17) is 4.74 Å². The Morgan fingerprint density at radius 1 is 1.09 bits per heavy atom. The molecule has 0 saturated carbocycles. The number of likely N-dealkylation sites (tertiary alicyclic amines) is 1. The van der Waals surface area contributed by atoms with Gasteiger partial charge >= 0.3 is 0 Å². The number of rotatable bonds is 3. The summed E-state index contributed by atoms with van der Waals surface area (Å²) in [6.07, 6.45) is 2.15. The third-order valence-electron chi connectivity index (χ3n) is 6.66. The summed E-state index contributed by atoms with van der Waals surface area (Å²) in [5, 5.41) is 8.30. The number of ether oxygens (including phenoxy) is 1. The van der Waals surface area contributed by atoms with Gasteiger partial charge in [0.15, 0.2) is 0 Å². The van der Waals surface area contributed by atoms with Crippen LogP contribution in [-0.2, 0) is 17.8 Å². The molecule has 0 spiro atoms. The van der Waals surface area contributed by atoms with E-state index in [1.807, 2.05) is 30.3 Å². The van der Waals surface area contributed by atoms with Crippen molar-refractivity contribution in [3.05, 3.63) is 69.6 Å². The molecule has 1 N–H and O–H groups in total. The summed E-state index contributed by atoms with van der Waals surface area (Å²) >= 11 is 0. The highest BCUT2D eigenvalue weighted by atomic mass is 16.5. The van der Waals surface area contributed by atoms with Gasteiger partial charge in [-0.3, -0.25) is 14.4 Å². The molecule has 8 heteroatoms. The number of carbonyl (C=O) groups is 2. The predicted molar refractivity (Wildman–Crippen MR) is 123 cm³/mol. The van der Waals surface area contributed by atoms with E-state index >= 15 is 0 Å². The van der Waals surface area contributed by atoms with Crippen LogP contribution in [0.15, 0.2) is 47.3 Å². The first kappa shape index (κ1) is 21.2. The number of methoxy groups -OCH3 is 1. The summed E-state index contributed by atoms with van der Waals surface area (Å²) in [4.78, 5) is 42.0. The van der Waals surface area contributed by atoms with Gasteiger partial charge in [0.05, 0.1) is 18.7 Å². The molecule has 170 valence electrons. The lowest BCUT2D eigenvalue weighted by Gasteiger charge is -2.36. The lowest BCUT2D eigenvalue weighted by molar-refractivity contribution is -0.138. The smallest absolute Gasteiger partial charge is 0.264 e. The largest absolute Gasteiger partial charge is 0.496 e. The van der Waals surface area contributed by atoms with Gasteiger partial charge in [-0.1, -0.05) is 24.3 Å². The normalized spacial score (nSPS) is 18.2. The zero-order valence-corrected chi connectivity index (χ0v) is 18.5. The van der Waals surface area contributed by atoms with Gasteiger partial charge in [0.1, 0.15) is 5.75 Å². The molecule has 8 nitrogen and oxygen atoms in total. The van der Waals surface area contributed by atoms with Gasteiger partial charge < -0.3 is 14.5 Å². The summed E-state index contributed by atoms with van der Waals surface area (Å²) in [6, 6.07) is 12.9. The van der Waals surface area contributed by atoms with Crippen molar-refractivity contribution in [1.82, 2.24) is 20.0 Å². The first-order valence-electron chi connectivity index (χ1n) is 11.3. The number of hydrogen-bond donors (Lipinski definition) is 1. The third kappa shape index (κ3) is 3.97. The Hall–Kier alpha value is -3.68. The molecule has 0 aliphatic carbocycles. The zero-order chi connectivity index (χ0) is 22.9. The average Bonchev–Trinajstić information content (AvgIpc) is 2.86. The number of H-pyrrole nitrogens is 1. The van der Waals surface area contributed by atoms with Gasteiger partial charge in [-0.2, -0.15) is 5.10 Å². The summed E-state index contributed by atoms with van der Waals surface area (Å²) < 4.78 is 5.45. The Labute approximate surface area is 191 Å². The third-order valence-corrected chi connectivity index (χ3v) is 6.66. The van der Waals surface area contributed by atoms with E-state index in [1.54, 1.807) is 23.0 Å².